The Kier molecular flexibility index (Phi) is 33.5. The molecule has 0 saturated carbocycles. The summed E-state index contributed by atoms with van der Waals surface area (Å²) in [6.07, 6.45) is 36.0. The largest absolute Gasteiger partial charge is 0.472 e. The van der Waals surface area contributed by atoms with Gasteiger partial charge in [0.25, 0.3) is 0 Å². The quantitative estimate of drug-likeness (QED) is 0.0253. The molecule has 0 aromatic heterocycles. The zero-order valence-electron chi connectivity index (χ0n) is 31.0. The standard InChI is InChI=1S/C39H68NO9P/c1-3-5-7-8-9-10-13-18-21-24-27-31-39(43)49-37(35-48-50(44,45)47-33-32-40)34-46-38(42)30-26-23-20-17-15-12-11-14-16-19-22-25-29-36(41)28-6-4-2/h8-9,11-12,16-17,19-20,25,29,36-37,41H,3-7,10,13-15,18,21-24,26-28,30-35,40H2,1-2H3,(H,44,45)/b9-8-,12-11-,19-16-,20-17-,29-25-/t36-,37+/m0/s1. The van der Waals surface area contributed by atoms with Gasteiger partial charge in [-0.25, -0.2) is 4.57 Å². The van der Waals surface area contributed by atoms with E-state index in [1.807, 2.05) is 24.3 Å². The Balaban J connectivity index is 4.37. The number of carbonyl (C=O) groups excluding carboxylic acids is 2. The van der Waals surface area contributed by atoms with E-state index in [1.54, 1.807) is 0 Å². The van der Waals surface area contributed by atoms with Gasteiger partial charge in [-0.2, -0.15) is 0 Å². The second kappa shape index (κ2) is 35.1. The summed E-state index contributed by atoms with van der Waals surface area (Å²) in [6, 6.07) is 0. The third-order valence-electron chi connectivity index (χ3n) is 7.45. The summed E-state index contributed by atoms with van der Waals surface area (Å²) < 4.78 is 32.5. The maximum atomic E-state index is 12.5. The van der Waals surface area contributed by atoms with Gasteiger partial charge in [-0.15, -0.1) is 0 Å². The fraction of sp³-hybridized carbons (Fsp3) is 0.692. The van der Waals surface area contributed by atoms with Crippen LogP contribution in [0.15, 0.2) is 60.8 Å². The summed E-state index contributed by atoms with van der Waals surface area (Å²) in [7, 11) is -4.39. The van der Waals surface area contributed by atoms with Gasteiger partial charge < -0.3 is 25.2 Å². The molecule has 11 heteroatoms. The number of aliphatic hydroxyl groups excluding tert-OH is 1. The Bertz CT molecular complexity index is 1030. The number of allylic oxidation sites excluding steroid dienone is 9. The number of hydrogen-bond donors (Lipinski definition) is 3. The minimum absolute atomic E-state index is 0.0359. The number of phosphoric ester groups is 1. The van der Waals surface area contributed by atoms with E-state index in [0.717, 1.165) is 77.0 Å². The van der Waals surface area contributed by atoms with Crippen molar-refractivity contribution < 1.29 is 42.7 Å². The summed E-state index contributed by atoms with van der Waals surface area (Å²) >= 11 is 0. The minimum atomic E-state index is -4.39. The lowest BCUT2D eigenvalue weighted by Gasteiger charge is -2.19. The lowest BCUT2D eigenvalue weighted by molar-refractivity contribution is -0.161. The topological polar surface area (TPSA) is 155 Å². The average molecular weight is 726 g/mol. The monoisotopic (exact) mass is 725 g/mol. The first-order chi connectivity index (χ1) is 24.2. The van der Waals surface area contributed by atoms with Gasteiger partial charge in [-0.05, 0) is 64.2 Å². The summed E-state index contributed by atoms with van der Waals surface area (Å²) in [5.74, 6) is -0.936. The zero-order valence-corrected chi connectivity index (χ0v) is 31.9. The van der Waals surface area contributed by atoms with Crippen LogP contribution in [0.4, 0.5) is 0 Å². The van der Waals surface area contributed by atoms with E-state index in [0.29, 0.717) is 19.3 Å². The Hall–Kier alpha value is -2.33. The number of carbonyl (C=O) groups is 2. The number of aliphatic hydroxyl groups is 1. The Labute approximate surface area is 302 Å². The molecule has 288 valence electrons. The summed E-state index contributed by atoms with van der Waals surface area (Å²) in [4.78, 5) is 34.6. The molecular weight excluding hydrogens is 657 g/mol. The highest BCUT2D eigenvalue weighted by atomic mass is 31.2. The summed E-state index contributed by atoms with van der Waals surface area (Å²) in [5.41, 5.74) is 5.32. The van der Waals surface area contributed by atoms with Crippen molar-refractivity contribution in [1.29, 1.82) is 0 Å². The molecule has 0 aliphatic rings. The predicted octanol–water partition coefficient (Wildman–Crippen LogP) is 9.13. The molecule has 0 rings (SSSR count). The van der Waals surface area contributed by atoms with Crippen molar-refractivity contribution in [2.24, 2.45) is 5.73 Å². The van der Waals surface area contributed by atoms with Crippen molar-refractivity contribution in [3.63, 3.8) is 0 Å². The van der Waals surface area contributed by atoms with Crippen LogP contribution in [0.25, 0.3) is 0 Å². The second-order valence-electron chi connectivity index (χ2n) is 12.3. The number of hydrogen-bond acceptors (Lipinski definition) is 9. The number of esters is 2. The molecule has 0 aromatic carbocycles. The van der Waals surface area contributed by atoms with Crippen LogP contribution in [-0.2, 0) is 32.7 Å². The summed E-state index contributed by atoms with van der Waals surface area (Å²) in [6.45, 7) is 3.41. The molecule has 0 aliphatic heterocycles. The van der Waals surface area contributed by atoms with Crippen LogP contribution in [0.2, 0.25) is 0 Å². The van der Waals surface area contributed by atoms with Gasteiger partial charge in [0.15, 0.2) is 6.10 Å². The van der Waals surface area contributed by atoms with E-state index >= 15 is 0 Å². The summed E-state index contributed by atoms with van der Waals surface area (Å²) in [5, 5.41) is 9.79. The fourth-order valence-electron chi connectivity index (χ4n) is 4.57. The molecule has 0 radical (unpaired) electrons. The van der Waals surface area contributed by atoms with Crippen LogP contribution in [0.3, 0.4) is 0 Å². The van der Waals surface area contributed by atoms with Crippen molar-refractivity contribution in [1.82, 2.24) is 0 Å². The van der Waals surface area contributed by atoms with Crippen LogP contribution in [-0.4, -0.2) is 60.5 Å². The lowest BCUT2D eigenvalue weighted by Crippen LogP contribution is -2.29. The van der Waals surface area contributed by atoms with Crippen molar-refractivity contribution in [2.45, 2.75) is 148 Å². The highest BCUT2D eigenvalue weighted by molar-refractivity contribution is 7.47. The number of nitrogens with two attached hydrogens (primary N) is 1. The molecule has 4 N–H and O–H groups in total. The van der Waals surface area contributed by atoms with Crippen LogP contribution in [0, 0.1) is 0 Å². The van der Waals surface area contributed by atoms with Crippen LogP contribution in [0.5, 0.6) is 0 Å². The molecule has 0 heterocycles. The van der Waals surface area contributed by atoms with E-state index in [9.17, 15) is 24.2 Å². The van der Waals surface area contributed by atoms with E-state index < -0.39 is 32.5 Å². The van der Waals surface area contributed by atoms with E-state index in [-0.39, 0.29) is 38.7 Å². The van der Waals surface area contributed by atoms with Crippen LogP contribution >= 0.6 is 7.82 Å². The molecule has 0 aromatic rings. The molecule has 50 heavy (non-hydrogen) atoms. The van der Waals surface area contributed by atoms with Gasteiger partial charge >= 0.3 is 19.8 Å². The fourth-order valence-corrected chi connectivity index (χ4v) is 5.33. The molecule has 0 aliphatic carbocycles. The first-order valence-corrected chi connectivity index (χ1v) is 20.3. The predicted molar refractivity (Wildman–Crippen MR) is 202 cm³/mol. The van der Waals surface area contributed by atoms with Gasteiger partial charge in [-0.1, -0.05) is 120 Å². The SMILES string of the molecule is CCCC/C=C\CCCCCCCC(=O)O[C@H](COC(=O)CCC/C=C\C/C=C\C/C=C\C/C=C\[C@@H](O)CCCC)COP(=O)(O)OCCN. The molecular formula is C39H68NO9P. The molecule has 0 amide bonds. The number of phosphoric acid groups is 1. The van der Waals surface area contributed by atoms with E-state index in [1.165, 1.54) is 12.8 Å². The Morgan fingerprint density at radius 3 is 1.92 bits per heavy atom. The molecule has 10 nitrogen and oxygen atoms in total. The minimum Gasteiger partial charge on any atom is -0.462 e. The normalized spacial score (nSPS) is 14.7. The zero-order chi connectivity index (χ0) is 37.0. The van der Waals surface area contributed by atoms with Crippen molar-refractivity contribution in [3.05, 3.63) is 60.8 Å². The smallest absolute Gasteiger partial charge is 0.462 e. The van der Waals surface area contributed by atoms with Gasteiger partial charge in [-0.3, -0.25) is 18.6 Å². The third kappa shape index (κ3) is 34.1. The maximum Gasteiger partial charge on any atom is 0.472 e. The Morgan fingerprint density at radius 1 is 0.680 bits per heavy atom. The number of ether oxygens (including phenoxy) is 2. The lowest BCUT2D eigenvalue weighted by atomic mass is 10.1. The Morgan fingerprint density at radius 2 is 1.24 bits per heavy atom. The number of unbranched alkanes of at least 4 members (excludes halogenated alkanes) is 9. The van der Waals surface area contributed by atoms with E-state index in [4.69, 9.17) is 24.3 Å². The molecule has 0 saturated heterocycles. The highest BCUT2D eigenvalue weighted by Gasteiger charge is 2.25. The first kappa shape index (κ1) is 47.7. The molecule has 0 bridgehead atoms. The van der Waals surface area contributed by atoms with Crippen molar-refractivity contribution >= 4 is 19.8 Å². The van der Waals surface area contributed by atoms with Gasteiger partial charge in [0.2, 0.25) is 0 Å². The first-order valence-electron chi connectivity index (χ1n) is 18.9. The molecule has 0 spiro atoms. The van der Waals surface area contributed by atoms with Crippen LogP contribution in [0.1, 0.15) is 136 Å². The van der Waals surface area contributed by atoms with E-state index in [2.05, 4.69) is 50.3 Å². The van der Waals surface area contributed by atoms with Gasteiger partial charge in [0.05, 0.1) is 19.3 Å². The maximum absolute atomic E-state index is 12.5. The highest BCUT2D eigenvalue weighted by Crippen LogP contribution is 2.43. The molecule has 3 atom stereocenters. The third-order valence-corrected chi connectivity index (χ3v) is 8.43. The number of rotatable bonds is 34. The molecule has 0 fully saturated rings. The van der Waals surface area contributed by atoms with Crippen molar-refractivity contribution in [2.75, 3.05) is 26.4 Å². The van der Waals surface area contributed by atoms with Crippen LogP contribution < -0.4 is 5.73 Å². The van der Waals surface area contributed by atoms with Gasteiger partial charge in [0.1, 0.15) is 6.61 Å². The van der Waals surface area contributed by atoms with Crippen molar-refractivity contribution in [3.8, 4) is 0 Å². The van der Waals surface area contributed by atoms with Gasteiger partial charge in [0, 0.05) is 19.4 Å². The second-order valence-corrected chi connectivity index (χ2v) is 13.7. The average Bonchev–Trinajstić information content (AvgIpc) is 3.10. The molecule has 1 unspecified atom stereocenters.